The van der Waals surface area contributed by atoms with Gasteiger partial charge in [0, 0.05) is 6.42 Å². The van der Waals surface area contributed by atoms with Crippen LogP contribution in [-0.2, 0) is 11.2 Å². The van der Waals surface area contributed by atoms with Crippen LogP contribution in [0.2, 0.25) is 0 Å². The van der Waals surface area contributed by atoms with Crippen molar-refractivity contribution in [1.82, 2.24) is 0 Å². The Hall–Kier alpha value is -1.58. The Morgan fingerprint density at radius 2 is 2.16 bits per heavy atom. The minimum absolute atomic E-state index is 0.0514. The fourth-order valence-electron chi connectivity index (χ4n) is 2.71. The van der Waals surface area contributed by atoms with Crippen molar-refractivity contribution in [3.05, 3.63) is 59.0 Å². The molecule has 2 heterocycles. The highest BCUT2D eigenvalue weighted by Gasteiger charge is 2.25. The highest BCUT2D eigenvalue weighted by Crippen LogP contribution is 2.35. The summed E-state index contributed by atoms with van der Waals surface area (Å²) in [6.07, 6.45) is 2.42. The molecule has 3 nitrogen and oxygen atoms in total. The van der Waals surface area contributed by atoms with E-state index in [2.05, 4.69) is 12.1 Å². The van der Waals surface area contributed by atoms with Crippen molar-refractivity contribution in [1.29, 1.82) is 0 Å². The van der Waals surface area contributed by atoms with Gasteiger partial charge in [-0.3, -0.25) is 0 Å². The second-order valence-electron chi connectivity index (χ2n) is 5.03. The smallest absolute Gasteiger partial charge is 0.135 e. The standard InChI is InChI=1S/C16H18O3/c1-11-6-8-19-16(11)14(17)10-15-13-5-3-2-4-12(13)7-9-18-15/h2-6,8,14-15,17H,7,9-10H2,1H3. The molecule has 0 spiro atoms. The summed E-state index contributed by atoms with van der Waals surface area (Å²) < 4.78 is 11.2. The van der Waals surface area contributed by atoms with E-state index >= 15 is 0 Å². The highest BCUT2D eigenvalue weighted by molar-refractivity contribution is 5.31. The van der Waals surface area contributed by atoms with Crippen LogP contribution in [0.3, 0.4) is 0 Å². The second-order valence-corrected chi connectivity index (χ2v) is 5.03. The van der Waals surface area contributed by atoms with E-state index in [-0.39, 0.29) is 6.10 Å². The van der Waals surface area contributed by atoms with Crippen LogP contribution in [0.1, 0.15) is 41.1 Å². The number of furan rings is 1. The molecule has 3 heteroatoms. The van der Waals surface area contributed by atoms with Crippen LogP contribution in [0.15, 0.2) is 41.0 Å². The molecule has 1 aliphatic rings. The third kappa shape index (κ3) is 2.44. The predicted molar refractivity (Wildman–Crippen MR) is 71.9 cm³/mol. The van der Waals surface area contributed by atoms with Gasteiger partial charge >= 0.3 is 0 Å². The van der Waals surface area contributed by atoms with Crippen molar-refractivity contribution in [2.45, 2.75) is 32.0 Å². The van der Waals surface area contributed by atoms with Crippen molar-refractivity contribution in [3.8, 4) is 0 Å². The topological polar surface area (TPSA) is 42.6 Å². The summed E-state index contributed by atoms with van der Waals surface area (Å²) in [5.41, 5.74) is 3.50. The molecule has 0 amide bonds. The van der Waals surface area contributed by atoms with Gasteiger partial charge in [0.2, 0.25) is 0 Å². The molecule has 2 atom stereocenters. The molecule has 100 valence electrons. The second kappa shape index (κ2) is 5.19. The molecule has 1 N–H and O–H groups in total. The van der Waals surface area contributed by atoms with Crippen LogP contribution in [0, 0.1) is 6.92 Å². The first kappa shape index (κ1) is 12.5. The van der Waals surface area contributed by atoms with Crippen LogP contribution in [-0.4, -0.2) is 11.7 Å². The zero-order chi connectivity index (χ0) is 13.2. The minimum atomic E-state index is -0.619. The molecule has 1 aromatic heterocycles. The van der Waals surface area contributed by atoms with Crippen LogP contribution >= 0.6 is 0 Å². The number of ether oxygens (including phenoxy) is 1. The summed E-state index contributed by atoms with van der Waals surface area (Å²) in [4.78, 5) is 0. The normalized spacial score (nSPS) is 20.0. The molecule has 1 aromatic carbocycles. The van der Waals surface area contributed by atoms with Crippen LogP contribution < -0.4 is 0 Å². The third-order valence-corrected chi connectivity index (χ3v) is 3.73. The molecule has 1 aliphatic heterocycles. The first-order chi connectivity index (χ1) is 9.25. The van der Waals surface area contributed by atoms with E-state index in [1.165, 1.54) is 11.1 Å². The lowest BCUT2D eigenvalue weighted by Gasteiger charge is -2.27. The Balaban J connectivity index is 1.80. The van der Waals surface area contributed by atoms with Gasteiger partial charge in [-0.25, -0.2) is 0 Å². The van der Waals surface area contributed by atoms with Crippen LogP contribution in [0.5, 0.6) is 0 Å². The Morgan fingerprint density at radius 1 is 1.32 bits per heavy atom. The summed E-state index contributed by atoms with van der Waals surface area (Å²) in [7, 11) is 0. The van der Waals surface area contributed by atoms with Gasteiger partial charge in [0.15, 0.2) is 0 Å². The summed E-state index contributed by atoms with van der Waals surface area (Å²) in [6.45, 7) is 2.66. The Kier molecular flexibility index (Phi) is 3.40. The largest absolute Gasteiger partial charge is 0.466 e. The molecule has 2 unspecified atom stereocenters. The van der Waals surface area contributed by atoms with E-state index in [9.17, 15) is 5.11 Å². The zero-order valence-corrected chi connectivity index (χ0v) is 11.0. The molecule has 0 radical (unpaired) electrons. The van der Waals surface area contributed by atoms with Gasteiger partial charge in [0.25, 0.3) is 0 Å². The van der Waals surface area contributed by atoms with E-state index in [1.54, 1.807) is 6.26 Å². The van der Waals surface area contributed by atoms with Gasteiger partial charge in [-0.1, -0.05) is 24.3 Å². The lowest BCUT2D eigenvalue weighted by Crippen LogP contribution is -2.18. The molecular formula is C16H18O3. The van der Waals surface area contributed by atoms with Crippen LogP contribution in [0.25, 0.3) is 0 Å². The van der Waals surface area contributed by atoms with Gasteiger partial charge in [0.1, 0.15) is 11.9 Å². The van der Waals surface area contributed by atoms with Crippen LogP contribution in [0.4, 0.5) is 0 Å². The maximum atomic E-state index is 10.3. The third-order valence-electron chi connectivity index (χ3n) is 3.73. The van der Waals surface area contributed by atoms with E-state index in [0.717, 1.165) is 12.0 Å². The number of aliphatic hydroxyl groups excluding tert-OH is 1. The summed E-state index contributed by atoms with van der Waals surface area (Å²) in [6, 6.07) is 10.2. The average molecular weight is 258 g/mol. The molecule has 0 aliphatic carbocycles. The van der Waals surface area contributed by atoms with Crippen molar-refractivity contribution in [3.63, 3.8) is 0 Å². The molecule has 0 bridgehead atoms. The molecule has 3 rings (SSSR count). The summed E-state index contributed by atoms with van der Waals surface area (Å²) >= 11 is 0. The number of rotatable bonds is 3. The summed E-state index contributed by atoms with van der Waals surface area (Å²) in [5, 5.41) is 10.3. The number of benzene rings is 1. The number of aryl methyl sites for hydroxylation is 1. The van der Waals surface area contributed by atoms with Gasteiger partial charge in [-0.05, 0) is 36.1 Å². The maximum absolute atomic E-state index is 10.3. The number of fused-ring (bicyclic) bond motifs is 1. The lowest BCUT2D eigenvalue weighted by molar-refractivity contribution is -0.00139. The van der Waals surface area contributed by atoms with Crippen molar-refractivity contribution < 1.29 is 14.3 Å². The lowest BCUT2D eigenvalue weighted by atomic mass is 9.93. The van der Waals surface area contributed by atoms with Gasteiger partial charge < -0.3 is 14.3 Å². The Bertz CT molecular complexity index is 559. The highest BCUT2D eigenvalue weighted by atomic mass is 16.5. The van der Waals surface area contributed by atoms with E-state index in [0.29, 0.717) is 18.8 Å². The number of aliphatic hydroxyl groups is 1. The monoisotopic (exact) mass is 258 g/mol. The fourth-order valence-corrected chi connectivity index (χ4v) is 2.71. The van der Waals surface area contributed by atoms with Gasteiger partial charge in [-0.2, -0.15) is 0 Å². The van der Waals surface area contributed by atoms with Crippen molar-refractivity contribution >= 4 is 0 Å². The Morgan fingerprint density at radius 3 is 2.95 bits per heavy atom. The first-order valence-electron chi connectivity index (χ1n) is 6.67. The van der Waals surface area contributed by atoms with E-state index in [1.807, 2.05) is 25.1 Å². The minimum Gasteiger partial charge on any atom is -0.466 e. The zero-order valence-electron chi connectivity index (χ0n) is 11.0. The molecule has 0 saturated heterocycles. The van der Waals surface area contributed by atoms with Crippen molar-refractivity contribution in [2.75, 3.05) is 6.61 Å². The Labute approximate surface area is 112 Å². The fraction of sp³-hybridized carbons (Fsp3) is 0.375. The molecule has 0 fully saturated rings. The molecule has 0 saturated carbocycles. The van der Waals surface area contributed by atoms with Gasteiger partial charge in [-0.15, -0.1) is 0 Å². The first-order valence-corrected chi connectivity index (χ1v) is 6.67. The maximum Gasteiger partial charge on any atom is 0.135 e. The predicted octanol–water partition coefficient (Wildman–Crippen LogP) is 3.33. The van der Waals surface area contributed by atoms with Gasteiger partial charge in [0.05, 0.1) is 19.0 Å². The SMILES string of the molecule is Cc1ccoc1C(O)CC1OCCc2ccccc21. The molecular weight excluding hydrogens is 240 g/mol. The van der Waals surface area contributed by atoms with E-state index < -0.39 is 6.10 Å². The molecule has 2 aromatic rings. The van der Waals surface area contributed by atoms with E-state index in [4.69, 9.17) is 9.15 Å². The van der Waals surface area contributed by atoms with Crippen molar-refractivity contribution in [2.24, 2.45) is 0 Å². The summed E-state index contributed by atoms with van der Waals surface area (Å²) in [5.74, 6) is 0.645. The quantitative estimate of drug-likeness (QED) is 0.918. The average Bonchev–Trinajstić information content (AvgIpc) is 2.85. The number of hydrogen-bond acceptors (Lipinski definition) is 3. The number of hydrogen-bond donors (Lipinski definition) is 1. The molecule has 19 heavy (non-hydrogen) atoms.